The molecule has 3 heterocycles. The van der Waals surface area contributed by atoms with Gasteiger partial charge >= 0.3 is 23.9 Å². The summed E-state index contributed by atoms with van der Waals surface area (Å²) in [6, 6.07) is 23.2. The zero-order chi connectivity index (χ0) is 35.3. The van der Waals surface area contributed by atoms with Crippen LogP contribution in [0.2, 0.25) is 0 Å². The number of carbonyl (C=O) groups is 4. The summed E-state index contributed by atoms with van der Waals surface area (Å²) in [4.78, 5) is 61.7. The van der Waals surface area contributed by atoms with Gasteiger partial charge in [-0.15, -0.1) is 0 Å². The lowest BCUT2D eigenvalue weighted by Gasteiger charge is -2.35. The van der Waals surface area contributed by atoms with Gasteiger partial charge in [-0.3, -0.25) is 14.4 Å². The number of ether oxygens (including phenoxy) is 3. The summed E-state index contributed by atoms with van der Waals surface area (Å²) in [6.45, 7) is 0. The first kappa shape index (κ1) is 33.4. The summed E-state index contributed by atoms with van der Waals surface area (Å²) in [7, 11) is 0. The molecule has 0 bridgehead atoms. The van der Waals surface area contributed by atoms with E-state index in [-0.39, 0.29) is 31.3 Å². The van der Waals surface area contributed by atoms with Crippen LogP contribution in [0, 0.1) is 0 Å². The Balaban J connectivity index is 1.07. The van der Waals surface area contributed by atoms with Gasteiger partial charge in [0.2, 0.25) is 0 Å². The first-order valence-electron chi connectivity index (χ1n) is 17.0. The van der Waals surface area contributed by atoms with Crippen LogP contribution >= 0.6 is 0 Å². The maximum absolute atomic E-state index is 13.4. The molecule has 0 fully saturated rings. The van der Waals surface area contributed by atoms with Gasteiger partial charge in [0.1, 0.15) is 6.10 Å². The third kappa shape index (κ3) is 7.57. The number of aromatic amines is 3. The molecule has 1 aliphatic carbocycles. The molecule has 3 aromatic heterocycles. The minimum absolute atomic E-state index is 0.000766. The van der Waals surface area contributed by atoms with Crippen molar-refractivity contribution >= 4 is 56.6 Å². The number of carbonyl (C=O) groups excluding carboxylic acids is 3. The molecule has 1 aliphatic rings. The molecule has 7 rings (SSSR count). The normalized spacial score (nSPS) is 17.3. The monoisotopic (exact) mass is 687 g/mol. The maximum Gasteiger partial charge on any atom is 0.331 e. The van der Waals surface area contributed by atoms with Crippen molar-refractivity contribution in [1.29, 1.82) is 0 Å². The van der Waals surface area contributed by atoms with E-state index >= 15 is 0 Å². The van der Waals surface area contributed by atoms with E-state index in [2.05, 4.69) is 15.0 Å². The Labute approximate surface area is 292 Å². The number of esters is 3. The molecule has 11 heteroatoms. The number of carboxylic acids is 1. The van der Waals surface area contributed by atoms with Gasteiger partial charge in [0.25, 0.3) is 0 Å². The molecule has 3 aromatic carbocycles. The van der Waals surface area contributed by atoms with Crippen LogP contribution in [0.1, 0.15) is 42.4 Å². The fourth-order valence-corrected chi connectivity index (χ4v) is 6.79. The van der Waals surface area contributed by atoms with E-state index < -0.39 is 42.2 Å². The second-order valence-electron chi connectivity index (χ2n) is 12.7. The highest BCUT2D eigenvalue weighted by atomic mass is 16.6. The third-order valence-corrected chi connectivity index (χ3v) is 9.39. The summed E-state index contributed by atoms with van der Waals surface area (Å²) < 4.78 is 17.6. The molecule has 3 atom stereocenters. The molecule has 0 amide bonds. The van der Waals surface area contributed by atoms with Crippen molar-refractivity contribution in [2.45, 2.75) is 63.3 Å². The van der Waals surface area contributed by atoms with E-state index in [1.807, 2.05) is 91.4 Å². The summed E-state index contributed by atoms with van der Waals surface area (Å²) >= 11 is 0. The lowest BCUT2D eigenvalue weighted by Crippen LogP contribution is -2.48. The van der Waals surface area contributed by atoms with Gasteiger partial charge in [-0.2, -0.15) is 0 Å². The van der Waals surface area contributed by atoms with Crippen LogP contribution in [0.4, 0.5) is 0 Å². The van der Waals surface area contributed by atoms with Gasteiger partial charge in [-0.25, -0.2) is 4.79 Å². The van der Waals surface area contributed by atoms with Gasteiger partial charge in [-0.05, 0) is 60.2 Å². The first-order chi connectivity index (χ1) is 24.8. The van der Waals surface area contributed by atoms with Crippen LogP contribution in [0.3, 0.4) is 0 Å². The average molecular weight is 688 g/mol. The Bertz CT molecular complexity index is 2260. The lowest BCUT2D eigenvalue weighted by atomic mass is 9.91. The topological polar surface area (TPSA) is 164 Å². The van der Waals surface area contributed by atoms with Crippen molar-refractivity contribution < 1.29 is 38.5 Å². The van der Waals surface area contributed by atoms with Crippen molar-refractivity contribution in [2.24, 2.45) is 0 Å². The number of hydrogen-bond acceptors (Lipinski definition) is 7. The predicted octanol–water partition coefficient (Wildman–Crippen LogP) is 6.48. The highest BCUT2D eigenvalue weighted by Crippen LogP contribution is 2.30. The zero-order valence-corrected chi connectivity index (χ0v) is 27.7. The summed E-state index contributed by atoms with van der Waals surface area (Å²) in [6.07, 6.45) is 3.94. The van der Waals surface area contributed by atoms with Gasteiger partial charge in [0.05, 0.1) is 0 Å². The number of carboxylic acid groups (broad SMARTS) is 1. The van der Waals surface area contributed by atoms with Crippen LogP contribution in [-0.2, 0) is 52.7 Å². The van der Waals surface area contributed by atoms with Gasteiger partial charge in [-0.1, -0.05) is 54.6 Å². The van der Waals surface area contributed by atoms with Crippen molar-refractivity contribution in [3.63, 3.8) is 0 Å². The largest absolute Gasteiger partial charge is 0.478 e. The molecule has 0 saturated carbocycles. The smallest absolute Gasteiger partial charge is 0.331 e. The second kappa shape index (κ2) is 14.8. The standard InChI is InChI=1S/C40H37N3O8/c44-36(16-13-24-21-41-31-10-4-1-7-28(24)31)49-34-19-27(40(47)48)20-35(50-37(45)17-14-25-22-42-32-11-5-2-8-29(25)32)39(34)51-38(46)18-15-26-23-43-33-12-6-3-9-30(26)33/h1-12,19,21-23,34-35,39,41-43H,13-18,20H2,(H,47,48)/t34-,35-,39-/m1/s1. The van der Waals surface area contributed by atoms with Crippen LogP contribution in [0.25, 0.3) is 32.7 Å². The van der Waals surface area contributed by atoms with Crippen LogP contribution in [0.15, 0.2) is 103 Å². The SMILES string of the molecule is O=C(CCc1c[nH]c2ccccc12)O[C@@H]1[C@H](OC(=O)CCc2c[nH]c3ccccc23)C=C(C(=O)O)C[C@H]1OC(=O)CCc1c[nH]c2ccccc12. The van der Waals surface area contributed by atoms with Crippen molar-refractivity contribution in [2.75, 3.05) is 0 Å². The number of H-pyrrole nitrogens is 3. The Hall–Kier alpha value is -6.10. The van der Waals surface area contributed by atoms with Gasteiger partial charge in [0, 0.05) is 82.6 Å². The minimum atomic E-state index is -1.29. The highest BCUT2D eigenvalue weighted by molar-refractivity contribution is 5.88. The first-order valence-corrected chi connectivity index (χ1v) is 17.0. The number of hydrogen-bond donors (Lipinski definition) is 4. The molecule has 0 aliphatic heterocycles. The Kier molecular flexibility index (Phi) is 9.69. The van der Waals surface area contributed by atoms with Crippen LogP contribution in [0.5, 0.6) is 0 Å². The lowest BCUT2D eigenvalue weighted by molar-refractivity contribution is -0.183. The summed E-state index contributed by atoms with van der Waals surface area (Å²) in [5.74, 6) is -3.06. The van der Waals surface area contributed by atoms with Crippen molar-refractivity contribution in [3.8, 4) is 0 Å². The zero-order valence-electron chi connectivity index (χ0n) is 27.7. The third-order valence-electron chi connectivity index (χ3n) is 9.39. The van der Waals surface area contributed by atoms with Gasteiger partial charge < -0.3 is 34.3 Å². The van der Waals surface area contributed by atoms with E-state index in [0.29, 0.717) is 19.3 Å². The molecule has 51 heavy (non-hydrogen) atoms. The van der Waals surface area contributed by atoms with Crippen LogP contribution in [-0.4, -0.2) is 62.2 Å². The number of nitrogens with one attached hydrogen (secondary N) is 3. The predicted molar refractivity (Wildman–Crippen MR) is 190 cm³/mol. The molecule has 4 N–H and O–H groups in total. The molecule has 0 radical (unpaired) electrons. The molecule has 11 nitrogen and oxygen atoms in total. The molecular formula is C40H37N3O8. The Morgan fingerprint density at radius 2 is 1.00 bits per heavy atom. The molecular weight excluding hydrogens is 650 g/mol. The highest BCUT2D eigenvalue weighted by Gasteiger charge is 2.42. The van der Waals surface area contributed by atoms with E-state index in [1.54, 1.807) is 0 Å². The Morgan fingerprint density at radius 3 is 1.45 bits per heavy atom. The van der Waals surface area contributed by atoms with E-state index in [0.717, 1.165) is 49.4 Å². The molecule has 0 unspecified atom stereocenters. The number of rotatable bonds is 13. The van der Waals surface area contributed by atoms with Crippen molar-refractivity contribution in [1.82, 2.24) is 15.0 Å². The molecule has 6 aromatic rings. The second-order valence-corrected chi connectivity index (χ2v) is 12.7. The number of aryl methyl sites for hydroxylation is 3. The van der Waals surface area contributed by atoms with Gasteiger partial charge in [0.15, 0.2) is 12.2 Å². The molecule has 260 valence electrons. The average Bonchev–Trinajstić information content (AvgIpc) is 3.87. The quantitative estimate of drug-likeness (QED) is 0.0792. The fourth-order valence-electron chi connectivity index (χ4n) is 6.79. The Morgan fingerprint density at radius 1 is 0.588 bits per heavy atom. The number of aromatic nitrogens is 3. The molecule has 0 saturated heterocycles. The number of benzene rings is 3. The van der Waals surface area contributed by atoms with Crippen molar-refractivity contribution in [3.05, 3.63) is 120 Å². The van der Waals surface area contributed by atoms with E-state index in [1.165, 1.54) is 6.08 Å². The summed E-state index contributed by atoms with van der Waals surface area (Å²) in [5, 5.41) is 12.9. The maximum atomic E-state index is 13.4. The number of aliphatic carboxylic acids is 1. The fraction of sp³-hybridized carbons (Fsp3) is 0.250. The minimum Gasteiger partial charge on any atom is -0.478 e. The van der Waals surface area contributed by atoms with Crippen LogP contribution < -0.4 is 0 Å². The summed E-state index contributed by atoms with van der Waals surface area (Å²) in [5.41, 5.74) is 5.51. The van der Waals surface area contributed by atoms with E-state index in [9.17, 15) is 24.3 Å². The number of para-hydroxylation sites is 3. The van der Waals surface area contributed by atoms with E-state index in [4.69, 9.17) is 14.2 Å². The molecule has 0 spiro atoms. The number of fused-ring (bicyclic) bond motifs is 3.